The molecule has 0 spiro atoms. The Balaban J connectivity index is 1.52. The van der Waals surface area contributed by atoms with Gasteiger partial charge in [-0.3, -0.25) is 4.90 Å². The highest BCUT2D eigenvalue weighted by molar-refractivity contribution is 4.98. The van der Waals surface area contributed by atoms with Crippen LogP contribution in [0.4, 0.5) is 0 Å². The Morgan fingerprint density at radius 2 is 1.80 bits per heavy atom. The van der Waals surface area contributed by atoms with Crippen LogP contribution in [0.1, 0.15) is 52.9 Å². The summed E-state index contributed by atoms with van der Waals surface area (Å²) in [4.78, 5) is 5.56. The topological polar surface area (TPSA) is 18.5 Å². The van der Waals surface area contributed by atoms with Crippen molar-refractivity contribution < 1.29 is 0 Å². The Kier molecular flexibility index (Phi) is 4.68. The molecule has 3 saturated heterocycles. The Morgan fingerprint density at radius 1 is 1.10 bits per heavy atom. The van der Waals surface area contributed by atoms with Gasteiger partial charge in [-0.15, -0.1) is 0 Å². The Bertz CT molecular complexity index is 303. The zero-order valence-electron chi connectivity index (χ0n) is 13.6. The van der Waals surface area contributed by atoms with Crippen molar-refractivity contribution in [3.8, 4) is 0 Å². The maximum absolute atomic E-state index is 3.69. The van der Waals surface area contributed by atoms with Gasteiger partial charge in [0.1, 0.15) is 0 Å². The van der Waals surface area contributed by atoms with E-state index >= 15 is 0 Å². The summed E-state index contributed by atoms with van der Waals surface area (Å²) in [5.74, 6) is 0.927. The summed E-state index contributed by atoms with van der Waals surface area (Å²) in [6, 6.07) is 3.29. The van der Waals surface area contributed by atoms with E-state index in [2.05, 4.69) is 35.9 Å². The third-order valence-corrected chi connectivity index (χ3v) is 5.89. The van der Waals surface area contributed by atoms with E-state index in [1.165, 1.54) is 51.7 Å². The predicted octanol–water partition coefficient (Wildman–Crippen LogP) is 2.32. The molecule has 3 rings (SSSR count). The second-order valence-corrected chi connectivity index (χ2v) is 7.55. The van der Waals surface area contributed by atoms with Gasteiger partial charge in [0.25, 0.3) is 0 Å². The Hall–Kier alpha value is -0.120. The van der Waals surface area contributed by atoms with Crippen molar-refractivity contribution in [2.24, 2.45) is 5.92 Å². The Morgan fingerprint density at radius 3 is 2.35 bits per heavy atom. The minimum absolute atomic E-state index is 0.733. The fourth-order valence-electron chi connectivity index (χ4n) is 4.81. The molecule has 0 aromatic rings. The molecule has 3 aliphatic heterocycles. The molecule has 0 radical (unpaired) electrons. The van der Waals surface area contributed by atoms with Gasteiger partial charge >= 0.3 is 0 Å². The number of piperidine rings is 1. The maximum Gasteiger partial charge on any atom is 0.0114 e. The first-order valence-electron chi connectivity index (χ1n) is 8.90. The van der Waals surface area contributed by atoms with Gasteiger partial charge < -0.3 is 10.2 Å². The van der Waals surface area contributed by atoms with Gasteiger partial charge in [0, 0.05) is 37.3 Å². The van der Waals surface area contributed by atoms with Crippen LogP contribution in [0.3, 0.4) is 0 Å². The third-order valence-electron chi connectivity index (χ3n) is 5.89. The fourth-order valence-corrected chi connectivity index (χ4v) is 4.81. The lowest BCUT2D eigenvalue weighted by atomic mass is 9.95. The predicted molar refractivity (Wildman–Crippen MR) is 85.0 cm³/mol. The largest absolute Gasteiger partial charge is 0.314 e. The molecular weight excluding hydrogens is 246 g/mol. The van der Waals surface area contributed by atoms with E-state index < -0.39 is 0 Å². The number of hydrogen-bond acceptors (Lipinski definition) is 3. The molecule has 0 aliphatic carbocycles. The van der Waals surface area contributed by atoms with Crippen molar-refractivity contribution in [1.29, 1.82) is 0 Å². The van der Waals surface area contributed by atoms with E-state index in [9.17, 15) is 0 Å². The summed E-state index contributed by atoms with van der Waals surface area (Å²) >= 11 is 0. The Labute approximate surface area is 125 Å². The van der Waals surface area contributed by atoms with Gasteiger partial charge in [0.05, 0.1) is 0 Å². The molecule has 2 bridgehead atoms. The third kappa shape index (κ3) is 3.05. The van der Waals surface area contributed by atoms with E-state index in [0.717, 1.165) is 36.6 Å². The van der Waals surface area contributed by atoms with Crippen LogP contribution < -0.4 is 5.32 Å². The van der Waals surface area contributed by atoms with Crippen molar-refractivity contribution >= 4 is 0 Å². The summed E-state index contributed by atoms with van der Waals surface area (Å²) < 4.78 is 0. The molecule has 116 valence electrons. The number of fused-ring (bicyclic) bond motifs is 2. The monoisotopic (exact) mass is 279 g/mol. The van der Waals surface area contributed by atoms with Gasteiger partial charge in [0.2, 0.25) is 0 Å². The molecule has 3 fully saturated rings. The molecule has 3 heterocycles. The van der Waals surface area contributed by atoms with Crippen molar-refractivity contribution in [3.05, 3.63) is 0 Å². The fraction of sp³-hybridized carbons (Fsp3) is 1.00. The highest BCUT2D eigenvalue weighted by Crippen LogP contribution is 2.37. The number of nitrogens with zero attached hydrogens (tertiary/aromatic N) is 2. The van der Waals surface area contributed by atoms with Crippen LogP contribution in [0.25, 0.3) is 0 Å². The molecule has 3 atom stereocenters. The molecule has 0 aromatic carbocycles. The van der Waals surface area contributed by atoms with Crippen LogP contribution in [-0.2, 0) is 0 Å². The number of hydrogen-bond donors (Lipinski definition) is 1. The molecule has 0 amide bonds. The minimum Gasteiger partial charge on any atom is -0.314 e. The van der Waals surface area contributed by atoms with E-state index in [1.807, 2.05) is 0 Å². The standard InChI is InChI=1S/C17H33N3/c1-4-18-15-9-16-5-6-17(10-15)20(16)12-14-7-8-19(11-14)13(2)3/h13-18H,4-12H2,1-3H3. The first-order valence-corrected chi connectivity index (χ1v) is 8.90. The summed E-state index contributed by atoms with van der Waals surface area (Å²) in [5, 5.41) is 3.69. The smallest absolute Gasteiger partial charge is 0.0114 e. The van der Waals surface area contributed by atoms with Gasteiger partial charge in [0.15, 0.2) is 0 Å². The molecule has 0 aromatic heterocycles. The van der Waals surface area contributed by atoms with Crippen LogP contribution >= 0.6 is 0 Å². The lowest BCUT2D eigenvalue weighted by molar-refractivity contribution is 0.0978. The zero-order valence-corrected chi connectivity index (χ0v) is 13.6. The quantitative estimate of drug-likeness (QED) is 0.833. The van der Waals surface area contributed by atoms with Crippen molar-refractivity contribution in [2.75, 3.05) is 26.2 Å². The lowest BCUT2D eigenvalue weighted by Gasteiger charge is -2.40. The number of nitrogens with one attached hydrogen (secondary N) is 1. The van der Waals surface area contributed by atoms with Crippen LogP contribution in [0.15, 0.2) is 0 Å². The molecule has 20 heavy (non-hydrogen) atoms. The van der Waals surface area contributed by atoms with Gasteiger partial charge in [-0.1, -0.05) is 6.92 Å². The van der Waals surface area contributed by atoms with E-state index in [4.69, 9.17) is 0 Å². The van der Waals surface area contributed by atoms with Gasteiger partial charge in [-0.2, -0.15) is 0 Å². The van der Waals surface area contributed by atoms with Crippen molar-refractivity contribution in [1.82, 2.24) is 15.1 Å². The average Bonchev–Trinajstić information content (AvgIpc) is 2.95. The molecular formula is C17H33N3. The van der Waals surface area contributed by atoms with Crippen molar-refractivity contribution in [2.45, 2.75) is 77.0 Å². The minimum atomic E-state index is 0.733. The van der Waals surface area contributed by atoms with Crippen LogP contribution in [0, 0.1) is 5.92 Å². The molecule has 3 heteroatoms. The maximum atomic E-state index is 3.69. The zero-order chi connectivity index (χ0) is 14.1. The summed E-state index contributed by atoms with van der Waals surface area (Å²) in [5.41, 5.74) is 0. The molecule has 1 N–H and O–H groups in total. The number of likely N-dealkylation sites (tertiary alicyclic amines) is 1. The highest BCUT2D eigenvalue weighted by Gasteiger charge is 2.41. The lowest BCUT2D eigenvalue weighted by Crippen LogP contribution is -2.50. The van der Waals surface area contributed by atoms with Crippen LogP contribution in [0.2, 0.25) is 0 Å². The first-order chi connectivity index (χ1) is 9.67. The second-order valence-electron chi connectivity index (χ2n) is 7.55. The molecule has 0 saturated carbocycles. The summed E-state index contributed by atoms with van der Waals surface area (Å²) in [7, 11) is 0. The first kappa shape index (κ1) is 14.8. The molecule has 3 unspecified atom stereocenters. The van der Waals surface area contributed by atoms with E-state index in [-0.39, 0.29) is 0 Å². The molecule has 3 aliphatic rings. The summed E-state index contributed by atoms with van der Waals surface area (Å²) in [6.45, 7) is 12.1. The average molecular weight is 279 g/mol. The molecule has 3 nitrogen and oxygen atoms in total. The highest BCUT2D eigenvalue weighted by atomic mass is 15.2. The van der Waals surface area contributed by atoms with E-state index in [1.54, 1.807) is 0 Å². The van der Waals surface area contributed by atoms with Crippen molar-refractivity contribution in [3.63, 3.8) is 0 Å². The normalized spacial score (nSPS) is 39.0. The number of rotatable bonds is 5. The van der Waals surface area contributed by atoms with Gasteiger partial charge in [-0.05, 0) is 65.0 Å². The summed E-state index contributed by atoms with van der Waals surface area (Å²) in [6.07, 6.45) is 7.11. The van der Waals surface area contributed by atoms with E-state index in [0.29, 0.717) is 0 Å². The van der Waals surface area contributed by atoms with Crippen LogP contribution in [0.5, 0.6) is 0 Å². The second kappa shape index (κ2) is 6.33. The van der Waals surface area contributed by atoms with Crippen LogP contribution in [-0.4, -0.2) is 60.1 Å². The SMILES string of the molecule is CCNC1CC2CCC(C1)N2CC1CCN(C(C)C)C1. The van der Waals surface area contributed by atoms with Gasteiger partial charge in [-0.25, -0.2) is 0 Å².